The van der Waals surface area contributed by atoms with E-state index in [0.717, 1.165) is 43.7 Å². The summed E-state index contributed by atoms with van der Waals surface area (Å²) in [6.07, 6.45) is 4.47. The lowest BCUT2D eigenvalue weighted by Gasteiger charge is -2.30. The summed E-state index contributed by atoms with van der Waals surface area (Å²) in [6.45, 7) is 10.5. The summed E-state index contributed by atoms with van der Waals surface area (Å²) in [5.74, 6) is 1.75. The molecule has 0 aliphatic carbocycles. The normalized spacial score (nSPS) is 17.2. The van der Waals surface area contributed by atoms with Crippen molar-refractivity contribution in [2.45, 2.75) is 40.2 Å². The van der Waals surface area contributed by atoms with Crippen molar-refractivity contribution in [1.29, 1.82) is 0 Å². The van der Waals surface area contributed by atoms with Gasteiger partial charge in [-0.15, -0.1) is 0 Å². The first-order valence-electron chi connectivity index (χ1n) is 6.99. The van der Waals surface area contributed by atoms with E-state index in [1.165, 1.54) is 18.4 Å². The number of piperidine rings is 1. The maximum Gasteiger partial charge on any atom is 0.225 e. The fourth-order valence-corrected chi connectivity index (χ4v) is 2.27. The molecule has 0 atom stereocenters. The van der Waals surface area contributed by atoms with Crippen molar-refractivity contribution < 1.29 is 0 Å². The predicted molar refractivity (Wildman–Crippen MR) is 74.8 cm³/mol. The largest absolute Gasteiger partial charge is 0.341 e. The maximum atomic E-state index is 4.65. The Bertz CT molecular complexity index is 383. The van der Waals surface area contributed by atoms with Gasteiger partial charge in [0.05, 0.1) is 0 Å². The molecule has 2 rings (SSSR count). The number of aromatic nitrogens is 2. The van der Waals surface area contributed by atoms with Gasteiger partial charge in [-0.25, -0.2) is 9.97 Å². The van der Waals surface area contributed by atoms with E-state index < -0.39 is 0 Å². The topological polar surface area (TPSA) is 41.1 Å². The van der Waals surface area contributed by atoms with Crippen LogP contribution in [0.4, 0.5) is 5.95 Å². The highest BCUT2D eigenvalue weighted by Crippen LogP contribution is 2.20. The highest BCUT2D eigenvalue weighted by molar-refractivity contribution is 5.33. The molecule has 4 nitrogen and oxygen atoms in total. The van der Waals surface area contributed by atoms with Crippen LogP contribution in [0.1, 0.15) is 37.9 Å². The Morgan fingerprint density at radius 3 is 2.72 bits per heavy atom. The second kappa shape index (κ2) is 6.14. The third-order valence-corrected chi connectivity index (χ3v) is 3.70. The minimum atomic E-state index is 0.843. The number of hydrogen-bond donors (Lipinski definition) is 1. The molecule has 0 amide bonds. The van der Waals surface area contributed by atoms with Gasteiger partial charge in [0, 0.05) is 37.1 Å². The average Bonchev–Trinajstić information content (AvgIpc) is 2.38. The van der Waals surface area contributed by atoms with Crippen LogP contribution in [0, 0.1) is 12.8 Å². The lowest BCUT2D eigenvalue weighted by molar-refractivity contribution is 0.434. The molecular formula is C14H24N4. The molecule has 0 spiro atoms. The number of aryl methyl sites for hydroxylation is 1. The third kappa shape index (κ3) is 3.19. The van der Waals surface area contributed by atoms with Gasteiger partial charge in [0.1, 0.15) is 0 Å². The Labute approximate surface area is 110 Å². The lowest BCUT2D eigenvalue weighted by atomic mass is 10.00. The highest BCUT2D eigenvalue weighted by atomic mass is 15.2. The van der Waals surface area contributed by atoms with Crippen molar-refractivity contribution in [3.63, 3.8) is 0 Å². The van der Waals surface area contributed by atoms with Gasteiger partial charge in [0.25, 0.3) is 0 Å². The zero-order chi connectivity index (χ0) is 13.0. The van der Waals surface area contributed by atoms with Crippen LogP contribution in [0.3, 0.4) is 0 Å². The summed E-state index contributed by atoms with van der Waals surface area (Å²) in [5.41, 5.74) is 2.30. The monoisotopic (exact) mass is 248 g/mol. The van der Waals surface area contributed by atoms with Gasteiger partial charge in [-0.2, -0.15) is 0 Å². The summed E-state index contributed by atoms with van der Waals surface area (Å²) in [7, 11) is 0. The van der Waals surface area contributed by atoms with E-state index in [1.807, 2.05) is 6.20 Å². The predicted octanol–water partition coefficient (Wildman–Crippen LogP) is 2.13. The van der Waals surface area contributed by atoms with Crippen molar-refractivity contribution in [2.75, 3.05) is 24.5 Å². The summed E-state index contributed by atoms with van der Waals surface area (Å²) in [4.78, 5) is 11.5. The van der Waals surface area contributed by atoms with E-state index in [1.54, 1.807) is 0 Å². The first-order valence-corrected chi connectivity index (χ1v) is 6.99. The molecule has 2 heterocycles. The summed E-state index contributed by atoms with van der Waals surface area (Å²) in [6, 6.07) is 0. The molecule has 0 unspecified atom stereocenters. The summed E-state index contributed by atoms with van der Waals surface area (Å²) >= 11 is 0. The first-order chi connectivity index (χ1) is 8.70. The van der Waals surface area contributed by atoms with E-state index in [2.05, 4.69) is 41.0 Å². The van der Waals surface area contributed by atoms with Crippen molar-refractivity contribution in [2.24, 2.45) is 5.92 Å². The molecule has 0 bridgehead atoms. The zero-order valence-electron chi connectivity index (χ0n) is 11.7. The van der Waals surface area contributed by atoms with Crippen LogP contribution in [0.2, 0.25) is 0 Å². The van der Waals surface area contributed by atoms with Crippen molar-refractivity contribution in [3.05, 3.63) is 17.5 Å². The zero-order valence-corrected chi connectivity index (χ0v) is 11.7. The van der Waals surface area contributed by atoms with E-state index >= 15 is 0 Å². The van der Waals surface area contributed by atoms with E-state index in [0.29, 0.717) is 0 Å². The van der Waals surface area contributed by atoms with Gasteiger partial charge >= 0.3 is 0 Å². The van der Waals surface area contributed by atoms with Crippen LogP contribution in [0.15, 0.2) is 6.20 Å². The quantitative estimate of drug-likeness (QED) is 0.886. The standard InChI is InChI=1S/C14H24N4/c1-4-15-9-13-10-16-14(17-12(13)3)18-7-5-11(2)6-8-18/h10-11,15H,4-9H2,1-3H3. The van der Waals surface area contributed by atoms with E-state index in [9.17, 15) is 0 Å². The van der Waals surface area contributed by atoms with Crippen molar-refractivity contribution >= 4 is 5.95 Å². The van der Waals surface area contributed by atoms with Crippen LogP contribution in [-0.4, -0.2) is 29.6 Å². The highest BCUT2D eigenvalue weighted by Gasteiger charge is 2.18. The van der Waals surface area contributed by atoms with E-state index in [4.69, 9.17) is 0 Å². The molecule has 1 aromatic heterocycles. The Morgan fingerprint density at radius 1 is 1.39 bits per heavy atom. The smallest absolute Gasteiger partial charge is 0.225 e. The summed E-state index contributed by atoms with van der Waals surface area (Å²) < 4.78 is 0. The van der Waals surface area contributed by atoms with Gasteiger partial charge in [0.15, 0.2) is 0 Å². The SMILES string of the molecule is CCNCc1cnc(N2CCC(C)CC2)nc1C. The summed E-state index contributed by atoms with van der Waals surface area (Å²) in [5, 5.41) is 3.32. The van der Waals surface area contributed by atoms with Crippen molar-refractivity contribution in [3.8, 4) is 0 Å². The van der Waals surface area contributed by atoms with Crippen LogP contribution in [-0.2, 0) is 6.54 Å². The van der Waals surface area contributed by atoms with E-state index in [-0.39, 0.29) is 0 Å². The van der Waals surface area contributed by atoms with Gasteiger partial charge in [-0.1, -0.05) is 13.8 Å². The van der Waals surface area contributed by atoms with Gasteiger partial charge in [0.2, 0.25) is 5.95 Å². The van der Waals surface area contributed by atoms with Crippen LogP contribution in [0.25, 0.3) is 0 Å². The molecule has 100 valence electrons. The molecule has 1 aliphatic rings. The lowest BCUT2D eigenvalue weighted by Crippen LogP contribution is -2.34. The number of hydrogen-bond acceptors (Lipinski definition) is 4. The Balaban J connectivity index is 2.04. The van der Waals surface area contributed by atoms with Gasteiger partial charge in [-0.05, 0) is 32.2 Å². The molecule has 4 heteroatoms. The molecule has 1 N–H and O–H groups in total. The van der Waals surface area contributed by atoms with Crippen molar-refractivity contribution in [1.82, 2.24) is 15.3 Å². The number of rotatable bonds is 4. The molecular weight excluding hydrogens is 224 g/mol. The minimum Gasteiger partial charge on any atom is -0.341 e. The minimum absolute atomic E-state index is 0.843. The van der Waals surface area contributed by atoms with Crippen LogP contribution >= 0.6 is 0 Å². The molecule has 1 saturated heterocycles. The van der Waals surface area contributed by atoms with Crippen LogP contribution < -0.4 is 10.2 Å². The number of nitrogens with one attached hydrogen (secondary N) is 1. The van der Waals surface area contributed by atoms with Gasteiger partial charge in [-0.3, -0.25) is 0 Å². The Kier molecular flexibility index (Phi) is 4.53. The molecule has 0 aromatic carbocycles. The fourth-order valence-electron chi connectivity index (χ4n) is 2.27. The molecule has 0 radical (unpaired) electrons. The molecule has 18 heavy (non-hydrogen) atoms. The third-order valence-electron chi connectivity index (χ3n) is 3.70. The second-order valence-electron chi connectivity index (χ2n) is 5.23. The molecule has 1 fully saturated rings. The number of nitrogens with zero attached hydrogens (tertiary/aromatic N) is 3. The number of anilines is 1. The van der Waals surface area contributed by atoms with Crippen LogP contribution in [0.5, 0.6) is 0 Å². The molecule has 0 saturated carbocycles. The Morgan fingerprint density at radius 2 is 2.11 bits per heavy atom. The fraction of sp³-hybridized carbons (Fsp3) is 0.714. The average molecular weight is 248 g/mol. The molecule has 1 aromatic rings. The Hall–Kier alpha value is -1.16. The second-order valence-corrected chi connectivity index (χ2v) is 5.23. The van der Waals surface area contributed by atoms with Gasteiger partial charge < -0.3 is 10.2 Å². The molecule has 1 aliphatic heterocycles. The first kappa shape index (κ1) is 13.3. The maximum absolute atomic E-state index is 4.65.